The first-order valence-corrected chi connectivity index (χ1v) is 10.6. The highest BCUT2D eigenvalue weighted by Crippen LogP contribution is 2.26. The number of carbonyl (C=O) groups excluding carboxylic acids is 2. The number of ether oxygens (including phenoxy) is 1. The van der Waals surface area contributed by atoms with Gasteiger partial charge in [0.1, 0.15) is 22.4 Å². The van der Waals surface area contributed by atoms with Crippen LogP contribution in [-0.4, -0.2) is 45.2 Å². The van der Waals surface area contributed by atoms with E-state index in [2.05, 4.69) is 20.6 Å². The Morgan fingerprint density at radius 3 is 2.68 bits per heavy atom. The maximum atomic E-state index is 12.4. The highest BCUT2D eigenvalue weighted by molar-refractivity contribution is 7.17. The number of hydrogen-bond donors (Lipinski definition) is 3. The minimum atomic E-state index is -1.34. The zero-order valence-corrected chi connectivity index (χ0v) is 19.0. The van der Waals surface area contributed by atoms with Crippen molar-refractivity contribution in [2.24, 2.45) is 0 Å². The Balaban J connectivity index is 1.64. The maximum Gasteiger partial charge on any atom is 0.350 e. The molecule has 9 heteroatoms. The molecule has 0 aliphatic rings. The number of esters is 1. The summed E-state index contributed by atoms with van der Waals surface area (Å²) < 4.78 is 5.35. The Labute approximate surface area is 184 Å². The summed E-state index contributed by atoms with van der Waals surface area (Å²) in [7, 11) is 0. The summed E-state index contributed by atoms with van der Waals surface area (Å²) in [6.45, 7) is 8.95. The monoisotopic (exact) mass is 442 g/mol. The van der Waals surface area contributed by atoms with E-state index in [1.807, 2.05) is 31.2 Å². The SMILES string of the molecule is Cc1ccc2ccnc(NC[C@H](O)C(=O)Nc3nc(C)c(C(=O)OC(C)(C)C)s3)c2c1. The number of anilines is 2. The van der Waals surface area contributed by atoms with Gasteiger partial charge in [0.2, 0.25) is 0 Å². The molecule has 2 heterocycles. The highest BCUT2D eigenvalue weighted by Gasteiger charge is 2.24. The fraction of sp³-hybridized carbons (Fsp3) is 0.364. The van der Waals surface area contributed by atoms with Crippen LogP contribution in [0.15, 0.2) is 30.5 Å². The van der Waals surface area contributed by atoms with Crippen LogP contribution in [0.25, 0.3) is 10.8 Å². The molecule has 2 aromatic heterocycles. The molecule has 3 N–H and O–H groups in total. The smallest absolute Gasteiger partial charge is 0.350 e. The molecule has 0 aliphatic heterocycles. The van der Waals surface area contributed by atoms with Crippen molar-refractivity contribution in [1.82, 2.24) is 9.97 Å². The molecule has 164 valence electrons. The molecule has 0 bridgehead atoms. The number of thiazole rings is 1. The molecular weight excluding hydrogens is 416 g/mol. The summed E-state index contributed by atoms with van der Waals surface area (Å²) in [4.78, 5) is 33.5. The van der Waals surface area contributed by atoms with E-state index in [-0.39, 0.29) is 11.7 Å². The van der Waals surface area contributed by atoms with Gasteiger partial charge in [-0.3, -0.25) is 10.1 Å². The van der Waals surface area contributed by atoms with Crippen LogP contribution in [0.4, 0.5) is 10.9 Å². The predicted molar refractivity (Wildman–Crippen MR) is 122 cm³/mol. The van der Waals surface area contributed by atoms with Crippen LogP contribution < -0.4 is 10.6 Å². The molecule has 0 unspecified atom stereocenters. The molecule has 31 heavy (non-hydrogen) atoms. The fourth-order valence-corrected chi connectivity index (χ4v) is 3.71. The largest absolute Gasteiger partial charge is 0.456 e. The topological polar surface area (TPSA) is 113 Å². The van der Waals surface area contributed by atoms with E-state index in [1.165, 1.54) is 0 Å². The lowest BCUT2D eigenvalue weighted by Crippen LogP contribution is -2.33. The molecule has 3 rings (SSSR count). The van der Waals surface area contributed by atoms with Crippen molar-refractivity contribution in [2.45, 2.75) is 46.3 Å². The Morgan fingerprint density at radius 2 is 1.97 bits per heavy atom. The number of aliphatic hydroxyl groups is 1. The van der Waals surface area contributed by atoms with Crippen molar-refractivity contribution < 1.29 is 19.4 Å². The molecule has 0 radical (unpaired) electrons. The lowest BCUT2D eigenvalue weighted by atomic mass is 10.1. The number of amides is 1. The quantitative estimate of drug-likeness (QED) is 0.499. The number of carbonyl (C=O) groups is 2. The van der Waals surface area contributed by atoms with Crippen molar-refractivity contribution in [1.29, 1.82) is 0 Å². The number of aryl methyl sites for hydroxylation is 2. The number of fused-ring (bicyclic) bond motifs is 1. The molecule has 0 aliphatic carbocycles. The first kappa shape index (κ1) is 22.6. The van der Waals surface area contributed by atoms with Crippen molar-refractivity contribution in [3.8, 4) is 0 Å². The summed E-state index contributed by atoms with van der Waals surface area (Å²) in [5, 5.41) is 18.0. The van der Waals surface area contributed by atoms with Gasteiger partial charge in [-0.05, 0) is 52.1 Å². The van der Waals surface area contributed by atoms with Gasteiger partial charge in [0.15, 0.2) is 5.13 Å². The molecule has 0 spiro atoms. The van der Waals surface area contributed by atoms with Crippen LogP contribution in [0.1, 0.15) is 41.7 Å². The van der Waals surface area contributed by atoms with Gasteiger partial charge >= 0.3 is 5.97 Å². The molecule has 0 saturated heterocycles. The lowest BCUT2D eigenvalue weighted by Gasteiger charge is -2.18. The number of pyridine rings is 1. The molecule has 0 saturated carbocycles. The number of nitrogens with one attached hydrogen (secondary N) is 2. The second kappa shape index (κ2) is 8.99. The lowest BCUT2D eigenvalue weighted by molar-refractivity contribution is -0.123. The van der Waals surface area contributed by atoms with Crippen molar-refractivity contribution in [3.05, 3.63) is 46.6 Å². The van der Waals surface area contributed by atoms with Crippen LogP contribution in [0.2, 0.25) is 0 Å². The molecule has 1 atom stereocenters. The van der Waals surface area contributed by atoms with Crippen LogP contribution in [0.5, 0.6) is 0 Å². The van der Waals surface area contributed by atoms with Gasteiger partial charge in [0.25, 0.3) is 5.91 Å². The summed E-state index contributed by atoms with van der Waals surface area (Å²) in [6, 6.07) is 7.90. The van der Waals surface area contributed by atoms with Gasteiger partial charge in [-0.2, -0.15) is 0 Å². The fourth-order valence-electron chi connectivity index (χ4n) is 2.86. The second-order valence-electron chi connectivity index (χ2n) is 8.21. The second-order valence-corrected chi connectivity index (χ2v) is 9.20. The third kappa shape index (κ3) is 5.77. The number of nitrogens with zero attached hydrogens (tertiary/aromatic N) is 2. The van der Waals surface area contributed by atoms with E-state index >= 15 is 0 Å². The van der Waals surface area contributed by atoms with Crippen molar-refractivity contribution in [3.63, 3.8) is 0 Å². The van der Waals surface area contributed by atoms with Crippen molar-refractivity contribution >= 4 is 44.9 Å². The Bertz CT molecular complexity index is 1120. The first-order chi connectivity index (χ1) is 14.5. The van der Waals surface area contributed by atoms with Crippen LogP contribution >= 0.6 is 11.3 Å². The summed E-state index contributed by atoms with van der Waals surface area (Å²) in [5.74, 6) is -0.540. The van der Waals surface area contributed by atoms with Crippen LogP contribution in [0.3, 0.4) is 0 Å². The molecule has 1 amide bonds. The van der Waals surface area contributed by atoms with Gasteiger partial charge in [-0.25, -0.2) is 14.8 Å². The van der Waals surface area contributed by atoms with E-state index in [1.54, 1.807) is 33.9 Å². The van der Waals surface area contributed by atoms with E-state index in [0.717, 1.165) is 27.7 Å². The van der Waals surface area contributed by atoms with Crippen LogP contribution in [0, 0.1) is 13.8 Å². The third-order valence-electron chi connectivity index (χ3n) is 4.30. The number of rotatable bonds is 6. The number of hydrogen-bond acceptors (Lipinski definition) is 8. The molecule has 3 aromatic rings. The maximum absolute atomic E-state index is 12.4. The minimum Gasteiger partial charge on any atom is -0.456 e. The van der Waals surface area contributed by atoms with Gasteiger partial charge in [-0.1, -0.05) is 29.0 Å². The number of aromatic nitrogens is 2. The standard InChI is InChI=1S/C22H26N4O4S/c1-12-6-7-14-8-9-23-18(15(14)10-12)24-11-16(27)19(28)26-21-25-13(2)17(31-21)20(29)30-22(3,4)5/h6-10,16,27H,11H2,1-5H3,(H,23,24)(H,25,26,28)/t16-/m0/s1. The summed E-state index contributed by atoms with van der Waals surface area (Å²) >= 11 is 1.01. The average molecular weight is 443 g/mol. The van der Waals surface area contributed by atoms with E-state index < -0.39 is 23.6 Å². The third-order valence-corrected chi connectivity index (χ3v) is 5.35. The van der Waals surface area contributed by atoms with E-state index in [0.29, 0.717) is 16.4 Å². The summed E-state index contributed by atoms with van der Waals surface area (Å²) in [6.07, 6.45) is 0.333. The van der Waals surface area contributed by atoms with Gasteiger partial charge in [0.05, 0.1) is 12.2 Å². The number of aliphatic hydroxyl groups excluding tert-OH is 1. The van der Waals surface area contributed by atoms with Crippen molar-refractivity contribution in [2.75, 3.05) is 17.2 Å². The molecule has 8 nitrogen and oxygen atoms in total. The van der Waals surface area contributed by atoms with E-state index in [9.17, 15) is 14.7 Å². The minimum absolute atomic E-state index is 0.0326. The number of benzene rings is 1. The van der Waals surface area contributed by atoms with Gasteiger partial charge in [-0.15, -0.1) is 0 Å². The molecular formula is C22H26N4O4S. The Kier molecular flexibility index (Phi) is 6.56. The molecule has 0 fully saturated rings. The zero-order chi connectivity index (χ0) is 22.8. The van der Waals surface area contributed by atoms with Gasteiger partial charge in [0, 0.05) is 11.6 Å². The summed E-state index contributed by atoms with van der Waals surface area (Å²) in [5.41, 5.74) is 0.909. The Morgan fingerprint density at radius 1 is 1.23 bits per heavy atom. The molecule has 1 aromatic carbocycles. The average Bonchev–Trinajstić information content (AvgIpc) is 3.04. The van der Waals surface area contributed by atoms with E-state index in [4.69, 9.17) is 4.74 Å². The van der Waals surface area contributed by atoms with Gasteiger partial charge < -0.3 is 15.2 Å². The normalized spacial score (nSPS) is 12.5. The Hall–Kier alpha value is -3.04. The highest BCUT2D eigenvalue weighted by atomic mass is 32.1. The predicted octanol–water partition coefficient (Wildman–Crippen LogP) is 3.67. The van der Waals surface area contributed by atoms with Crippen LogP contribution in [-0.2, 0) is 9.53 Å². The zero-order valence-electron chi connectivity index (χ0n) is 18.1. The first-order valence-electron chi connectivity index (χ1n) is 9.82.